The minimum Gasteiger partial charge on any atom is -0.371 e. The summed E-state index contributed by atoms with van der Waals surface area (Å²) in [5.74, 6) is 0. The molecule has 4 rings (SSSR count). The van der Waals surface area contributed by atoms with Crippen molar-refractivity contribution in [2.24, 2.45) is 0 Å². The maximum absolute atomic E-state index is 2.56. The number of rotatable bonds is 3. The second-order valence-corrected chi connectivity index (χ2v) is 6.11. The van der Waals surface area contributed by atoms with Crippen LogP contribution in [0.2, 0.25) is 0 Å². The SMILES string of the molecule is C1=C(/C(=C\c2ccccc2)N2CCCC2)c2ccccc2C1. The number of hydrogen-bond acceptors (Lipinski definition) is 1. The zero-order chi connectivity index (χ0) is 14.8. The number of nitrogens with zero attached hydrogens (tertiary/aromatic N) is 1. The summed E-state index contributed by atoms with van der Waals surface area (Å²) in [6, 6.07) is 19.5. The van der Waals surface area contributed by atoms with E-state index in [2.05, 4.69) is 71.6 Å². The number of hydrogen-bond donors (Lipinski definition) is 0. The van der Waals surface area contributed by atoms with Gasteiger partial charge in [0.1, 0.15) is 0 Å². The molecular formula is C21H21N. The molecular weight excluding hydrogens is 266 g/mol. The van der Waals surface area contributed by atoms with E-state index in [-0.39, 0.29) is 0 Å². The average molecular weight is 287 g/mol. The summed E-state index contributed by atoms with van der Waals surface area (Å²) in [4.78, 5) is 2.56. The lowest BCUT2D eigenvalue weighted by Crippen LogP contribution is -2.19. The molecule has 0 radical (unpaired) electrons. The van der Waals surface area contributed by atoms with Crippen molar-refractivity contribution in [2.75, 3.05) is 13.1 Å². The third-order valence-electron chi connectivity index (χ3n) is 4.66. The van der Waals surface area contributed by atoms with Crippen molar-refractivity contribution in [1.82, 2.24) is 4.90 Å². The van der Waals surface area contributed by atoms with Crippen molar-refractivity contribution in [3.8, 4) is 0 Å². The minimum absolute atomic E-state index is 1.06. The third-order valence-corrected chi connectivity index (χ3v) is 4.66. The van der Waals surface area contributed by atoms with Crippen LogP contribution < -0.4 is 0 Å². The third kappa shape index (κ3) is 2.48. The Kier molecular flexibility index (Phi) is 3.56. The van der Waals surface area contributed by atoms with Crippen LogP contribution in [0.3, 0.4) is 0 Å². The average Bonchev–Trinajstić information content (AvgIpc) is 3.24. The molecule has 0 N–H and O–H groups in total. The van der Waals surface area contributed by atoms with E-state index in [0.717, 1.165) is 6.42 Å². The molecule has 0 atom stereocenters. The predicted octanol–water partition coefficient (Wildman–Crippen LogP) is 4.76. The van der Waals surface area contributed by atoms with E-state index < -0.39 is 0 Å². The Morgan fingerprint density at radius 1 is 0.864 bits per heavy atom. The molecule has 0 bridgehead atoms. The van der Waals surface area contributed by atoms with Crippen molar-refractivity contribution in [3.63, 3.8) is 0 Å². The fourth-order valence-corrected chi connectivity index (χ4v) is 3.53. The van der Waals surface area contributed by atoms with Gasteiger partial charge in [0, 0.05) is 24.4 Å². The Morgan fingerprint density at radius 3 is 2.41 bits per heavy atom. The zero-order valence-corrected chi connectivity index (χ0v) is 12.8. The number of allylic oxidation sites excluding steroid dienone is 2. The van der Waals surface area contributed by atoms with E-state index in [0.29, 0.717) is 0 Å². The van der Waals surface area contributed by atoms with Gasteiger partial charge in [-0.05, 0) is 42.0 Å². The van der Waals surface area contributed by atoms with Crippen LogP contribution in [0.15, 0.2) is 66.4 Å². The molecule has 0 saturated carbocycles. The first-order chi connectivity index (χ1) is 10.9. The van der Waals surface area contributed by atoms with Gasteiger partial charge in [-0.2, -0.15) is 0 Å². The van der Waals surface area contributed by atoms with Gasteiger partial charge in [-0.25, -0.2) is 0 Å². The molecule has 1 aliphatic carbocycles. The largest absolute Gasteiger partial charge is 0.371 e. The van der Waals surface area contributed by atoms with Gasteiger partial charge in [0.15, 0.2) is 0 Å². The summed E-state index contributed by atoms with van der Waals surface area (Å²) in [7, 11) is 0. The molecule has 1 nitrogen and oxygen atoms in total. The van der Waals surface area contributed by atoms with Crippen molar-refractivity contribution >= 4 is 11.6 Å². The van der Waals surface area contributed by atoms with Crippen LogP contribution in [0, 0.1) is 0 Å². The van der Waals surface area contributed by atoms with E-state index in [1.807, 2.05) is 0 Å². The van der Waals surface area contributed by atoms with Crippen LogP contribution in [0.5, 0.6) is 0 Å². The highest BCUT2D eigenvalue weighted by molar-refractivity contribution is 5.87. The fourth-order valence-electron chi connectivity index (χ4n) is 3.53. The van der Waals surface area contributed by atoms with E-state index >= 15 is 0 Å². The molecule has 2 aromatic rings. The maximum Gasteiger partial charge on any atom is 0.0448 e. The number of benzene rings is 2. The molecule has 1 aliphatic heterocycles. The first-order valence-electron chi connectivity index (χ1n) is 8.22. The molecule has 1 heteroatoms. The molecule has 0 amide bonds. The van der Waals surface area contributed by atoms with Gasteiger partial charge in [-0.3, -0.25) is 0 Å². The van der Waals surface area contributed by atoms with Crippen LogP contribution in [-0.4, -0.2) is 18.0 Å². The van der Waals surface area contributed by atoms with Crippen LogP contribution in [0.1, 0.15) is 29.5 Å². The molecule has 1 saturated heterocycles. The van der Waals surface area contributed by atoms with Crippen LogP contribution in [0.25, 0.3) is 11.6 Å². The van der Waals surface area contributed by atoms with Crippen molar-refractivity contribution in [3.05, 3.63) is 83.1 Å². The monoisotopic (exact) mass is 287 g/mol. The van der Waals surface area contributed by atoms with Gasteiger partial charge >= 0.3 is 0 Å². The van der Waals surface area contributed by atoms with Crippen molar-refractivity contribution in [2.45, 2.75) is 19.3 Å². The minimum atomic E-state index is 1.06. The molecule has 2 aromatic carbocycles. The smallest absolute Gasteiger partial charge is 0.0448 e. The summed E-state index contributed by atoms with van der Waals surface area (Å²) in [6.07, 6.45) is 8.44. The first-order valence-corrected chi connectivity index (χ1v) is 8.22. The fraction of sp³-hybridized carbons (Fsp3) is 0.238. The molecule has 0 aromatic heterocycles. The normalized spacial score (nSPS) is 17.5. The van der Waals surface area contributed by atoms with E-state index in [1.54, 1.807) is 0 Å². The highest BCUT2D eigenvalue weighted by Crippen LogP contribution is 2.36. The summed E-state index contributed by atoms with van der Waals surface area (Å²) in [5, 5.41) is 0. The van der Waals surface area contributed by atoms with E-state index in [9.17, 15) is 0 Å². The van der Waals surface area contributed by atoms with E-state index in [4.69, 9.17) is 0 Å². The summed E-state index contributed by atoms with van der Waals surface area (Å²) >= 11 is 0. The second kappa shape index (κ2) is 5.84. The van der Waals surface area contributed by atoms with Gasteiger partial charge in [0.05, 0.1) is 0 Å². The lowest BCUT2D eigenvalue weighted by atomic mass is 10.0. The zero-order valence-electron chi connectivity index (χ0n) is 12.8. The van der Waals surface area contributed by atoms with Gasteiger partial charge in [-0.1, -0.05) is 60.7 Å². The highest BCUT2D eigenvalue weighted by atomic mass is 15.1. The highest BCUT2D eigenvalue weighted by Gasteiger charge is 2.23. The Balaban J connectivity index is 1.77. The number of likely N-dealkylation sites (tertiary alicyclic amines) is 1. The Labute approximate surface area is 132 Å². The Bertz CT molecular complexity index is 719. The molecule has 0 unspecified atom stereocenters. The van der Waals surface area contributed by atoms with Crippen LogP contribution in [0.4, 0.5) is 0 Å². The summed E-state index contributed by atoms with van der Waals surface area (Å²) in [5.41, 5.74) is 6.97. The van der Waals surface area contributed by atoms with Crippen molar-refractivity contribution < 1.29 is 0 Å². The van der Waals surface area contributed by atoms with E-state index in [1.165, 1.54) is 53.9 Å². The van der Waals surface area contributed by atoms with Gasteiger partial charge in [-0.15, -0.1) is 0 Å². The molecule has 1 heterocycles. The maximum atomic E-state index is 2.56. The first kappa shape index (κ1) is 13.4. The van der Waals surface area contributed by atoms with Crippen LogP contribution in [-0.2, 0) is 6.42 Å². The van der Waals surface area contributed by atoms with Gasteiger partial charge < -0.3 is 4.90 Å². The lowest BCUT2D eigenvalue weighted by molar-refractivity contribution is 0.447. The summed E-state index contributed by atoms with van der Waals surface area (Å²) < 4.78 is 0. The number of fused-ring (bicyclic) bond motifs is 1. The quantitative estimate of drug-likeness (QED) is 0.786. The molecule has 2 aliphatic rings. The molecule has 110 valence electrons. The summed E-state index contributed by atoms with van der Waals surface area (Å²) in [6.45, 7) is 2.36. The lowest BCUT2D eigenvalue weighted by Gasteiger charge is -2.24. The molecule has 0 spiro atoms. The van der Waals surface area contributed by atoms with Crippen molar-refractivity contribution in [1.29, 1.82) is 0 Å². The molecule has 1 fully saturated rings. The molecule has 22 heavy (non-hydrogen) atoms. The topological polar surface area (TPSA) is 3.24 Å². The predicted molar refractivity (Wildman–Crippen MR) is 93.3 cm³/mol. The van der Waals surface area contributed by atoms with Gasteiger partial charge in [0.25, 0.3) is 0 Å². The van der Waals surface area contributed by atoms with Gasteiger partial charge in [0.2, 0.25) is 0 Å². The second-order valence-electron chi connectivity index (χ2n) is 6.11. The van der Waals surface area contributed by atoms with Crippen LogP contribution >= 0.6 is 0 Å². The standard InChI is InChI=1S/C21H21N/c1-2-8-17(9-3-1)16-21(22-14-6-7-15-22)20-13-12-18-10-4-5-11-19(18)20/h1-5,8-11,13,16H,6-7,12,14-15H2/b21-16+. The Hall–Kier alpha value is -2.28. The Morgan fingerprint density at radius 2 is 1.59 bits per heavy atom.